The van der Waals surface area contributed by atoms with Crippen LogP contribution in [0.1, 0.15) is 47.7 Å². The second-order valence-corrected chi connectivity index (χ2v) is 7.34. The van der Waals surface area contributed by atoms with Gasteiger partial charge in [-0.25, -0.2) is 0 Å². The number of hydrogen-bond acceptors (Lipinski definition) is 2. The van der Waals surface area contributed by atoms with Gasteiger partial charge in [0, 0.05) is 37.7 Å². The zero-order chi connectivity index (χ0) is 19.8. The molecule has 28 heavy (non-hydrogen) atoms. The molecule has 5 heteroatoms. The first kappa shape index (κ1) is 19.9. The molecule has 0 heterocycles. The molecule has 1 aliphatic rings. The number of nitrogens with zero attached hydrogens (tertiary/aromatic N) is 1. The van der Waals surface area contributed by atoms with Crippen LogP contribution in [0, 0.1) is 0 Å². The van der Waals surface area contributed by atoms with Gasteiger partial charge in [-0.15, -0.1) is 0 Å². The van der Waals surface area contributed by atoms with Crippen LogP contribution in [0.3, 0.4) is 0 Å². The third kappa shape index (κ3) is 4.71. The van der Waals surface area contributed by atoms with Crippen molar-refractivity contribution in [2.24, 2.45) is 4.99 Å². The smallest absolute Gasteiger partial charge is 0.251 e. The van der Waals surface area contributed by atoms with Crippen molar-refractivity contribution in [1.82, 2.24) is 16.0 Å². The minimum Gasteiger partial charge on any atom is -0.356 e. The molecule has 0 saturated heterocycles. The van der Waals surface area contributed by atoms with Crippen LogP contribution in [0.2, 0.25) is 0 Å². The lowest BCUT2D eigenvalue weighted by Gasteiger charge is -2.43. The summed E-state index contributed by atoms with van der Waals surface area (Å²) in [7, 11) is 1.80. The fraction of sp³-hybridized carbons (Fsp3) is 0.391. The van der Waals surface area contributed by atoms with Gasteiger partial charge in [-0.3, -0.25) is 9.79 Å². The Labute approximate surface area is 167 Å². The quantitative estimate of drug-likeness (QED) is 0.512. The normalized spacial score (nSPS) is 15.4. The van der Waals surface area contributed by atoms with Gasteiger partial charge in [0.1, 0.15) is 0 Å². The van der Waals surface area contributed by atoms with Crippen molar-refractivity contribution in [2.75, 3.05) is 20.1 Å². The average molecular weight is 379 g/mol. The van der Waals surface area contributed by atoms with Gasteiger partial charge in [-0.2, -0.15) is 0 Å². The fourth-order valence-electron chi connectivity index (χ4n) is 3.66. The molecule has 3 N–H and O–H groups in total. The Kier molecular flexibility index (Phi) is 6.69. The van der Waals surface area contributed by atoms with Crippen LogP contribution in [0.15, 0.2) is 59.6 Å². The first-order valence-electron chi connectivity index (χ1n) is 10.0. The van der Waals surface area contributed by atoms with E-state index < -0.39 is 0 Å². The third-order valence-electron chi connectivity index (χ3n) is 5.53. The van der Waals surface area contributed by atoms with Crippen molar-refractivity contribution in [2.45, 2.75) is 38.1 Å². The molecule has 1 saturated carbocycles. The molecule has 1 aliphatic carbocycles. The molecule has 148 valence electrons. The lowest BCUT2D eigenvalue weighted by atomic mass is 9.64. The largest absolute Gasteiger partial charge is 0.356 e. The van der Waals surface area contributed by atoms with E-state index in [4.69, 9.17) is 0 Å². The summed E-state index contributed by atoms with van der Waals surface area (Å²) in [6.07, 6.45) is 3.70. The first-order chi connectivity index (χ1) is 13.7. The number of nitrogens with one attached hydrogen (secondary N) is 3. The van der Waals surface area contributed by atoms with E-state index in [0.717, 1.165) is 18.1 Å². The van der Waals surface area contributed by atoms with Crippen LogP contribution in [0.25, 0.3) is 0 Å². The molecule has 0 aliphatic heterocycles. The lowest BCUT2D eigenvalue weighted by molar-refractivity contribution is 0.0956. The maximum absolute atomic E-state index is 11.8. The molecule has 0 spiro atoms. The summed E-state index contributed by atoms with van der Waals surface area (Å²) in [5, 5.41) is 9.68. The van der Waals surface area contributed by atoms with Crippen molar-refractivity contribution in [3.63, 3.8) is 0 Å². The van der Waals surface area contributed by atoms with Gasteiger partial charge in [0.25, 0.3) is 5.91 Å². The van der Waals surface area contributed by atoms with Gasteiger partial charge in [-0.1, -0.05) is 48.9 Å². The molecule has 2 aromatic carbocycles. The van der Waals surface area contributed by atoms with Crippen molar-refractivity contribution in [3.05, 3.63) is 71.3 Å². The number of amides is 1. The molecule has 0 radical (unpaired) electrons. The van der Waals surface area contributed by atoms with Crippen molar-refractivity contribution in [3.8, 4) is 0 Å². The van der Waals surface area contributed by atoms with E-state index in [-0.39, 0.29) is 11.3 Å². The van der Waals surface area contributed by atoms with Gasteiger partial charge in [-0.05, 0) is 43.0 Å². The van der Waals surface area contributed by atoms with E-state index in [1.807, 2.05) is 31.2 Å². The SMILES string of the molecule is CCNC(=O)c1ccc(CNC(=NC)NCC2(c3ccccc3)CCC2)cc1. The Hall–Kier alpha value is -2.82. The summed E-state index contributed by atoms with van der Waals surface area (Å²) in [4.78, 5) is 16.2. The zero-order valence-corrected chi connectivity index (χ0v) is 16.8. The minimum atomic E-state index is -0.0359. The molecule has 0 bridgehead atoms. The van der Waals surface area contributed by atoms with Crippen molar-refractivity contribution < 1.29 is 4.79 Å². The number of guanidine groups is 1. The van der Waals surface area contributed by atoms with Crippen LogP contribution < -0.4 is 16.0 Å². The van der Waals surface area contributed by atoms with Gasteiger partial charge < -0.3 is 16.0 Å². The van der Waals surface area contributed by atoms with Crippen LogP contribution in [0.4, 0.5) is 0 Å². The maximum Gasteiger partial charge on any atom is 0.251 e. The number of benzene rings is 2. The Balaban J connectivity index is 1.53. The summed E-state index contributed by atoms with van der Waals surface area (Å²) < 4.78 is 0. The molecule has 3 rings (SSSR count). The zero-order valence-electron chi connectivity index (χ0n) is 16.8. The second-order valence-electron chi connectivity index (χ2n) is 7.34. The highest BCUT2D eigenvalue weighted by Crippen LogP contribution is 2.43. The van der Waals surface area contributed by atoms with Crippen LogP contribution in [-0.2, 0) is 12.0 Å². The number of aliphatic imine (C=N–C) groups is 1. The van der Waals surface area contributed by atoms with Gasteiger partial charge in [0.05, 0.1) is 0 Å². The minimum absolute atomic E-state index is 0.0359. The Morgan fingerprint density at radius 2 is 1.71 bits per heavy atom. The monoisotopic (exact) mass is 378 g/mol. The van der Waals surface area contributed by atoms with Gasteiger partial charge in [0.2, 0.25) is 0 Å². The van der Waals surface area contributed by atoms with Crippen LogP contribution >= 0.6 is 0 Å². The fourth-order valence-corrected chi connectivity index (χ4v) is 3.66. The average Bonchev–Trinajstić information content (AvgIpc) is 2.71. The summed E-state index contributed by atoms with van der Waals surface area (Å²) in [6, 6.07) is 18.4. The molecule has 1 fully saturated rings. The highest BCUT2D eigenvalue weighted by Gasteiger charge is 2.38. The summed E-state index contributed by atoms with van der Waals surface area (Å²) in [5.74, 6) is 0.765. The highest BCUT2D eigenvalue weighted by atomic mass is 16.1. The molecule has 0 aromatic heterocycles. The van der Waals surface area contributed by atoms with E-state index in [1.165, 1.54) is 24.8 Å². The van der Waals surface area contributed by atoms with E-state index in [9.17, 15) is 4.79 Å². The Morgan fingerprint density at radius 3 is 2.29 bits per heavy atom. The summed E-state index contributed by atoms with van der Waals surface area (Å²) in [6.45, 7) is 4.09. The third-order valence-corrected chi connectivity index (χ3v) is 5.53. The van der Waals surface area contributed by atoms with Gasteiger partial charge >= 0.3 is 0 Å². The predicted molar refractivity (Wildman–Crippen MR) is 115 cm³/mol. The predicted octanol–water partition coefficient (Wildman–Crippen LogP) is 3.22. The van der Waals surface area contributed by atoms with Crippen molar-refractivity contribution in [1.29, 1.82) is 0 Å². The van der Waals surface area contributed by atoms with Crippen LogP contribution in [0.5, 0.6) is 0 Å². The molecule has 2 aromatic rings. The second kappa shape index (κ2) is 9.40. The standard InChI is InChI=1S/C23H30N4O/c1-3-25-21(28)19-12-10-18(11-13-19)16-26-22(24-2)27-17-23(14-7-15-23)20-8-5-4-6-9-20/h4-6,8-13H,3,7,14-17H2,1-2H3,(H,25,28)(H2,24,26,27). The van der Waals surface area contributed by atoms with Gasteiger partial charge in [0.15, 0.2) is 5.96 Å². The van der Waals surface area contributed by atoms with E-state index >= 15 is 0 Å². The first-order valence-corrected chi connectivity index (χ1v) is 10.0. The summed E-state index contributed by atoms with van der Waals surface area (Å²) in [5.41, 5.74) is 3.41. The van der Waals surface area contributed by atoms with E-state index in [0.29, 0.717) is 18.7 Å². The number of carbonyl (C=O) groups is 1. The molecule has 0 unspecified atom stereocenters. The molecule has 5 nitrogen and oxygen atoms in total. The Bertz CT molecular complexity index is 795. The lowest BCUT2D eigenvalue weighted by Crippen LogP contribution is -2.48. The van der Waals surface area contributed by atoms with Crippen molar-refractivity contribution >= 4 is 11.9 Å². The number of carbonyl (C=O) groups excluding carboxylic acids is 1. The maximum atomic E-state index is 11.8. The number of rotatable bonds is 7. The molecular formula is C23H30N4O. The molecule has 0 atom stereocenters. The molecule has 1 amide bonds. The van der Waals surface area contributed by atoms with Crippen LogP contribution in [-0.4, -0.2) is 32.0 Å². The number of hydrogen-bond donors (Lipinski definition) is 3. The topological polar surface area (TPSA) is 65.5 Å². The molecular weight excluding hydrogens is 348 g/mol. The Morgan fingerprint density at radius 1 is 1.00 bits per heavy atom. The van der Waals surface area contributed by atoms with E-state index in [1.54, 1.807) is 7.05 Å². The van der Waals surface area contributed by atoms with E-state index in [2.05, 4.69) is 51.3 Å². The highest BCUT2D eigenvalue weighted by molar-refractivity contribution is 5.94. The summed E-state index contributed by atoms with van der Waals surface area (Å²) >= 11 is 0.